The van der Waals surface area contributed by atoms with Crippen LogP contribution in [0.25, 0.3) is 5.82 Å². The van der Waals surface area contributed by atoms with Gasteiger partial charge < -0.3 is 9.80 Å². The molecule has 0 unspecified atom stereocenters. The van der Waals surface area contributed by atoms with Crippen molar-refractivity contribution in [3.63, 3.8) is 0 Å². The molecular formula is C19H19ClN6O. The van der Waals surface area contributed by atoms with Gasteiger partial charge in [0.25, 0.3) is 0 Å². The molecule has 1 aromatic carbocycles. The highest BCUT2D eigenvalue weighted by Gasteiger charge is 2.22. The van der Waals surface area contributed by atoms with E-state index < -0.39 is 0 Å². The van der Waals surface area contributed by atoms with Crippen LogP contribution in [0, 0.1) is 0 Å². The van der Waals surface area contributed by atoms with E-state index in [9.17, 15) is 4.79 Å². The van der Waals surface area contributed by atoms with Gasteiger partial charge in [-0.25, -0.2) is 4.98 Å². The van der Waals surface area contributed by atoms with Crippen molar-refractivity contribution in [1.29, 1.82) is 0 Å². The van der Waals surface area contributed by atoms with Gasteiger partial charge in [-0.1, -0.05) is 29.8 Å². The minimum Gasteiger partial charge on any atom is -0.352 e. The van der Waals surface area contributed by atoms with Crippen LogP contribution in [0.1, 0.15) is 5.56 Å². The molecule has 1 aliphatic rings. The Bertz CT molecular complexity index is 904. The standard InChI is InChI=1S/C19H19ClN6O/c20-16-4-2-1-3-15(16)13-19(27)25-11-9-24(10-12-25)17-5-6-18(23-22-17)26-8-7-21-14-26/h1-8,14H,9-13H2. The molecule has 4 rings (SSSR count). The van der Waals surface area contributed by atoms with E-state index in [4.69, 9.17) is 11.6 Å². The average Bonchev–Trinajstić information content (AvgIpc) is 3.25. The Kier molecular flexibility index (Phi) is 5.02. The van der Waals surface area contributed by atoms with E-state index in [0.29, 0.717) is 24.5 Å². The molecule has 0 aliphatic carbocycles. The zero-order chi connectivity index (χ0) is 18.6. The zero-order valence-corrected chi connectivity index (χ0v) is 15.5. The molecule has 3 aromatic rings. The third kappa shape index (κ3) is 3.93. The SMILES string of the molecule is O=C(Cc1ccccc1Cl)N1CCN(c2ccc(-n3ccnc3)nn2)CC1. The molecule has 1 amide bonds. The van der Waals surface area contributed by atoms with Gasteiger partial charge in [-0.05, 0) is 23.8 Å². The fraction of sp³-hybridized carbons (Fsp3) is 0.263. The maximum absolute atomic E-state index is 12.6. The molecule has 27 heavy (non-hydrogen) atoms. The molecule has 0 N–H and O–H groups in total. The van der Waals surface area contributed by atoms with Crippen LogP contribution in [-0.2, 0) is 11.2 Å². The Morgan fingerprint density at radius 3 is 2.41 bits per heavy atom. The molecule has 138 valence electrons. The van der Waals surface area contributed by atoms with Crippen LogP contribution in [0.5, 0.6) is 0 Å². The summed E-state index contributed by atoms with van der Waals surface area (Å²) in [4.78, 5) is 20.6. The molecule has 1 saturated heterocycles. The van der Waals surface area contributed by atoms with Crippen molar-refractivity contribution in [2.75, 3.05) is 31.1 Å². The zero-order valence-electron chi connectivity index (χ0n) is 14.7. The summed E-state index contributed by atoms with van der Waals surface area (Å²) >= 11 is 6.16. The first-order valence-corrected chi connectivity index (χ1v) is 9.17. The van der Waals surface area contributed by atoms with Crippen LogP contribution in [0.2, 0.25) is 5.02 Å². The quantitative estimate of drug-likeness (QED) is 0.692. The maximum atomic E-state index is 12.6. The summed E-state index contributed by atoms with van der Waals surface area (Å²) in [6, 6.07) is 11.3. The number of nitrogens with zero attached hydrogens (tertiary/aromatic N) is 6. The number of aromatic nitrogens is 4. The van der Waals surface area contributed by atoms with Gasteiger partial charge in [-0.3, -0.25) is 9.36 Å². The van der Waals surface area contributed by atoms with Crippen molar-refractivity contribution in [3.8, 4) is 5.82 Å². The van der Waals surface area contributed by atoms with E-state index in [1.54, 1.807) is 12.5 Å². The molecular weight excluding hydrogens is 364 g/mol. The fourth-order valence-electron chi connectivity index (χ4n) is 3.12. The minimum absolute atomic E-state index is 0.101. The van der Waals surface area contributed by atoms with Crippen LogP contribution in [0.4, 0.5) is 5.82 Å². The molecule has 1 aliphatic heterocycles. The van der Waals surface area contributed by atoms with Gasteiger partial charge >= 0.3 is 0 Å². The number of rotatable bonds is 4. The topological polar surface area (TPSA) is 67.2 Å². The van der Waals surface area contributed by atoms with Crippen molar-refractivity contribution in [2.45, 2.75) is 6.42 Å². The molecule has 7 nitrogen and oxygen atoms in total. The number of imidazole rings is 1. The van der Waals surface area contributed by atoms with Crippen molar-refractivity contribution < 1.29 is 4.79 Å². The predicted octanol–water partition coefficient (Wildman–Crippen LogP) is 2.21. The molecule has 0 spiro atoms. The van der Waals surface area contributed by atoms with E-state index in [2.05, 4.69) is 20.1 Å². The highest BCUT2D eigenvalue weighted by atomic mass is 35.5. The summed E-state index contributed by atoms with van der Waals surface area (Å²) < 4.78 is 1.81. The smallest absolute Gasteiger partial charge is 0.227 e. The highest BCUT2D eigenvalue weighted by molar-refractivity contribution is 6.31. The fourth-order valence-corrected chi connectivity index (χ4v) is 3.32. The number of benzene rings is 1. The van der Waals surface area contributed by atoms with E-state index >= 15 is 0 Å². The second-order valence-corrected chi connectivity index (χ2v) is 6.76. The first-order valence-electron chi connectivity index (χ1n) is 8.79. The third-order valence-electron chi connectivity index (χ3n) is 4.66. The number of carbonyl (C=O) groups excluding carboxylic acids is 1. The number of anilines is 1. The van der Waals surface area contributed by atoms with E-state index in [0.717, 1.165) is 30.3 Å². The number of amides is 1. The normalized spacial score (nSPS) is 14.4. The van der Waals surface area contributed by atoms with Gasteiger partial charge in [0.15, 0.2) is 11.6 Å². The second-order valence-electron chi connectivity index (χ2n) is 6.36. The minimum atomic E-state index is 0.101. The monoisotopic (exact) mass is 382 g/mol. The van der Waals surface area contributed by atoms with Gasteiger partial charge in [0.1, 0.15) is 6.33 Å². The number of hydrogen-bond acceptors (Lipinski definition) is 5. The van der Waals surface area contributed by atoms with Crippen LogP contribution in [-0.4, -0.2) is 56.7 Å². The van der Waals surface area contributed by atoms with Crippen LogP contribution in [0.15, 0.2) is 55.1 Å². The first-order chi connectivity index (χ1) is 13.2. The van der Waals surface area contributed by atoms with Gasteiger partial charge in [-0.15, -0.1) is 10.2 Å². The summed E-state index contributed by atoms with van der Waals surface area (Å²) in [5.41, 5.74) is 0.868. The summed E-state index contributed by atoms with van der Waals surface area (Å²) in [5, 5.41) is 9.20. The van der Waals surface area contributed by atoms with E-state index in [1.165, 1.54) is 0 Å². The van der Waals surface area contributed by atoms with Gasteiger partial charge in [0.05, 0.1) is 6.42 Å². The Balaban J connectivity index is 1.34. The van der Waals surface area contributed by atoms with Crippen molar-refractivity contribution >= 4 is 23.3 Å². The van der Waals surface area contributed by atoms with Crippen LogP contribution in [0.3, 0.4) is 0 Å². The average molecular weight is 383 g/mol. The Morgan fingerprint density at radius 1 is 1.00 bits per heavy atom. The maximum Gasteiger partial charge on any atom is 0.227 e. The molecule has 0 atom stereocenters. The van der Waals surface area contributed by atoms with Crippen molar-refractivity contribution in [2.24, 2.45) is 0 Å². The van der Waals surface area contributed by atoms with Crippen molar-refractivity contribution in [1.82, 2.24) is 24.6 Å². The van der Waals surface area contributed by atoms with Crippen LogP contribution >= 0.6 is 11.6 Å². The Hall–Kier alpha value is -2.93. The second kappa shape index (κ2) is 7.75. The molecule has 0 saturated carbocycles. The summed E-state index contributed by atoms with van der Waals surface area (Å²) in [6.07, 6.45) is 5.55. The lowest BCUT2D eigenvalue weighted by atomic mass is 10.1. The largest absolute Gasteiger partial charge is 0.352 e. The van der Waals surface area contributed by atoms with Crippen molar-refractivity contribution in [3.05, 3.63) is 65.7 Å². The van der Waals surface area contributed by atoms with E-state index in [1.807, 2.05) is 52.1 Å². The molecule has 8 heteroatoms. The number of halogens is 1. The number of piperazine rings is 1. The summed E-state index contributed by atoms with van der Waals surface area (Å²) in [7, 11) is 0. The van der Waals surface area contributed by atoms with Crippen LogP contribution < -0.4 is 4.90 Å². The summed E-state index contributed by atoms with van der Waals surface area (Å²) in [5.74, 6) is 1.64. The number of carbonyl (C=O) groups is 1. The molecule has 0 radical (unpaired) electrons. The van der Waals surface area contributed by atoms with Gasteiger partial charge in [0.2, 0.25) is 5.91 Å². The predicted molar refractivity (Wildman–Crippen MR) is 103 cm³/mol. The lowest BCUT2D eigenvalue weighted by molar-refractivity contribution is -0.130. The number of hydrogen-bond donors (Lipinski definition) is 0. The summed E-state index contributed by atoms with van der Waals surface area (Å²) in [6.45, 7) is 2.78. The molecule has 2 aromatic heterocycles. The highest BCUT2D eigenvalue weighted by Crippen LogP contribution is 2.18. The lowest BCUT2D eigenvalue weighted by Crippen LogP contribution is -2.49. The van der Waals surface area contributed by atoms with Gasteiger partial charge in [0, 0.05) is 43.6 Å². The lowest BCUT2D eigenvalue weighted by Gasteiger charge is -2.35. The Labute approximate surface area is 162 Å². The third-order valence-corrected chi connectivity index (χ3v) is 5.03. The van der Waals surface area contributed by atoms with E-state index in [-0.39, 0.29) is 5.91 Å². The molecule has 0 bridgehead atoms. The molecule has 1 fully saturated rings. The van der Waals surface area contributed by atoms with Gasteiger partial charge in [-0.2, -0.15) is 0 Å². The Morgan fingerprint density at radius 2 is 1.74 bits per heavy atom. The first kappa shape index (κ1) is 17.5. The molecule has 3 heterocycles.